The Morgan fingerprint density at radius 2 is 1.84 bits per heavy atom. The molecule has 0 unspecified atom stereocenters. The maximum absolute atomic E-state index is 12.3. The fourth-order valence-electron chi connectivity index (χ4n) is 2.94. The number of nitrogens with one attached hydrogen (secondary N) is 3. The predicted molar refractivity (Wildman–Crippen MR) is 98.4 cm³/mol. The molecule has 3 N–H and O–H groups in total. The summed E-state index contributed by atoms with van der Waals surface area (Å²) in [6, 6.07) is 19.7. The Bertz CT molecular complexity index is 1000. The SMILES string of the molecule is O=C(NCCc1c[nH]c2ccccc12)c1cc(-c2ccccc2)n[nH]1. The van der Waals surface area contributed by atoms with Crippen LogP contribution in [-0.4, -0.2) is 27.6 Å². The highest BCUT2D eigenvalue weighted by Gasteiger charge is 2.11. The summed E-state index contributed by atoms with van der Waals surface area (Å²) in [7, 11) is 0. The Morgan fingerprint density at radius 1 is 1.04 bits per heavy atom. The number of para-hydroxylation sites is 1. The molecule has 5 heteroatoms. The number of aromatic amines is 2. The third-order valence-corrected chi connectivity index (χ3v) is 4.25. The molecule has 4 aromatic rings. The number of hydrogen-bond acceptors (Lipinski definition) is 2. The predicted octanol–water partition coefficient (Wildman–Crippen LogP) is 3.53. The highest BCUT2D eigenvalue weighted by molar-refractivity contribution is 5.93. The van der Waals surface area contributed by atoms with Crippen molar-refractivity contribution in [3.8, 4) is 11.3 Å². The van der Waals surface area contributed by atoms with Crippen molar-refractivity contribution >= 4 is 16.8 Å². The lowest BCUT2D eigenvalue weighted by Crippen LogP contribution is -2.25. The molecule has 1 amide bonds. The van der Waals surface area contributed by atoms with Crippen molar-refractivity contribution in [1.29, 1.82) is 0 Å². The molecule has 2 aromatic heterocycles. The summed E-state index contributed by atoms with van der Waals surface area (Å²) in [5.74, 6) is -0.144. The number of rotatable bonds is 5. The topological polar surface area (TPSA) is 73.6 Å². The summed E-state index contributed by atoms with van der Waals surface area (Å²) in [4.78, 5) is 15.5. The lowest BCUT2D eigenvalue weighted by atomic mass is 10.1. The van der Waals surface area contributed by atoms with Crippen molar-refractivity contribution in [2.24, 2.45) is 0 Å². The molecule has 2 aromatic carbocycles. The molecule has 0 fully saturated rings. The number of carbonyl (C=O) groups excluding carboxylic acids is 1. The minimum atomic E-state index is -0.144. The fourth-order valence-corrected chi connectivity index (χ4v) is 2.94. The Hall–Kier alpha value is -3.34. The second kappa shape index (κ2) is 6.65. The van der Waals surface area contributed by atoms with Crippen LogP contribution >= 0.6 is 0 Å². The summed E-state index contributed by atoms with van der Waals surface area (Å²) in [6.07, 6.45) is 2.77. The normalized spacial score (nSPS) is 10.9. The van der Waals surface area contributed by atoms with Gasteiger partial charge in [-0.1, -0.05) is 48.5 Å². The number of hydrogen-bond donors (Lipinski definition) is 3. The third-order valence-electron chi connectivity index (χ3n) is 4.25. The molecule has 5 nitrogen and oxygen atoms in total. The standard InChI is InChI=1S/C20H18N4O/c25-20(19-12-18(23-24-19)14-6-2-1-3-7-14)21-11-10-15-13-22-17-9-5-4-8-16(15)17/h1-9,12-13,22H,10-11H2,(H,21,25)(H,23,24). The van der Waals surface area contributed by atoms with E-state index < -0.39 is 0 Å². The molecular formula is C20H18N4O. The molecule has 0 bridgehead atoms. The van der Waals surface area contributed by atoms with Gasteiger partial charge in [0.05, 0.1) is 5.69 Å². The van der Waals surface area contributed by atoms with Crippen molar-refractivity contribution < 1.29 is 4.79 Å². The number of amides is 1. The van der Waals surface area contributed by atoms with Crippen molar-refractivity contribution in [1.82, 2.24) is 20.5 Å². The van der Waals surface area contributed by atoms with Crippen molar-refractivity contribution in [2.45, 2.75) is 6.42 Å². The number of H-pyrrole nitrogens is 2. The first kappa shape index (κ1) is 15.2. The first-order valence-corrected chi connectivity index (χ1v) is 8.25. The smallest absolute Gasteiger partial charge is 0.269 e. The molecule has 0 aliphatic carbocycles. The second-order valence-electron chi connectivity index (χ2n) is 5.90. The van der Waals surface area contributed by atoms with Gasteiger partial charge in [-0.15, -0.1) is 0 Å². The van der Waals surface area contributed by atoms with E-state index in [4.69, 9.17) is 0 Å². The summed E-state index contributed by atoms with van der Waals surface area (Å²) in [5.41, 5.74) is 4.53. The molecule has 4 rings (SSSR count). The van der Waals surface area contributed by atoms with E-state index in [0.29, 0.717) is 12.2 Å². The van der Waals surface area contributed by atoms with Gasteiger partial charge in [0.1, 0.15) is 5.69 Å². The van der Waals surface area contributed by atoms with Crippen LogP contribution in [0.5, 0.6) is 0 Å². The molecule has 2 heterocycles. The Labute approximate surface area is 145 Å². The van der Waals surface area contributed by atoms with E-state index in [0.717, 1.165) is 23.2 Å². The Morgan fingerprint density at radius 3 is 2.72 bits per heavy atom. The van der Waals surface area contributed by atoms with Gasteiger partial charge in [-0.3, -0.25) is 9.89 Å². The van der Waals surface area contributed by atoms with Crippen LogP contribution < -0.4 is 5.32 Å². The minimum absolute atomic E-state index is 0.144. The van der Waals surface area contributed by atoms with Gasteiger partial charge in [0.25, 0.3) is 5.91 Å². The fraction of sp³-hybridized carbons (Fsp3) is 0.100. The maximum atomic E-state index is 12.3. The van der Waals surface area contributed by atoms with E-state index in [1.807, 2.05) is 54.7 Å². The molecule has 0 radical (unpaired) electrons. The largest absolute Gasteiger partial charge is 0.361 e. The third kappa shape index (κ3) is 3.17. The summed E-state index contributed by atoms with van der Waals surface area (Å²) < 4.78 is 0. The van der Waals surface area contributed by atoms with Crippen LogP contribution in [0.25, 0.3) is 22.2 Å². The molecule has 0 saturated heterocycles. The van der Waals surface area contributed by atoms with Crippen molar-refractivity contribution in [3.63, 3.8) is 0 Å². The average Bonchev–Trinajstić information content (AvgIpc) is 3.30. The Kier molecular flexibility index (Phi) is 4.04. The summed E-state index contributed by atoms with van der Waals surface area (Å²) >= 11 is 0. The van der Waals surface area contributed by atoms with E-state index >= 15 is 0 Å². The monoisotopic (exact) mass is 330 g/mol. The first-order chi connectivity index (χ1) is 12.3. The van der Waals surface area contributed by atoms with Gasteiger partial charge in [0, 0.05) is 29.2 Å². The molecular weight excluding hydrogens is 312 g/mol. The second-order valence-corrected chi connectivity index (χ2v) is 5.90. The van der Waals surface area contributed by atoms with Crippen LogP contribution in [0.4, 0.5) is 0 Å². The van der Waals surface area contributed by atoms with E-state index in [2.05, 4.69) is 26.6 Å². The van der Waals surface area contributed by atoms with Gasteiger partial charge in [-0.25, -0.2) is 0 Å². The first-order valence-electron chi connectivity index (χ1n) is 8.25. The van der Waals surface area contributed by atoms with Gasteiger partial charge in [-0.2, -0.15) is 5.10 Å². The molecule has 0 atom stereocenters. The average molecular weight is 330 g/mol. The van der Waals surface area contributed by atoms with Gasteiger partial charge < -0.3 is 10.3 Å². The van der Waals surface area contributed by atoms with Crippen LogP contribution in [0.15, 0.2) is 66.9 Å². The minimum Gasteiger partial charge on any atom is -0.361 e. The number of aromatic nitrogens is 3. The lowest BCUT2D eigenvalue weighted by Gasteiger charge is -2.03. The zero-order chi connectivity index (χ0) is 17.1. The lowest BCUT2D eigenvalue weighted by molar-refractivity contribution is 0.0949. The van der Waals surface area contributed by atoms with Crippen LogP contribution in [0.3, 0.4) is 0 Å². The number of carbonyl (C=O) groups is 1. The quantitative estimate of drug-likeness (QED) is 0.524. The van der Waals surface area contributed by atoms with E-state index in [1.165, 1.54) is 10.9 Å². The van der Waals surface area contributed by atoms with Crippen LogP contribution in [0.2, 0.25) is 0 Å². The van der Waals surface area contributed by atoms with Crippen LogP contribution in [0, 0.1) is 0 Å². The van der Waals surface area contributed by atoms with Gasteiger partial charge in [0.15, 0.2) is 0 Å². The van der Waals surface area contributed by atoms with Gasteiger partial charge in [-0.05, 0) is 24.1 Å². The molecule has 0 spiro atoms. The van der Waals surface area contributed by atoms with E-state index in [1.54, 1.807) is 6.07 Å². The zero-order valence-electron chi connectivity index (χ0n) is 13.6. The number of fused-ring (bicyclic) bond motifs is 1. The van der Waals surface area contributed by atoms with Crippen LogP contribution in [-0.2, 0) is 6.42 Å². The van der Waals surface area contributed by atoms with Crippen molar-refractivity contribution in [3.05, 3.63) is 78.1 Å². The van der Waals surface area contributed by atoms with Crippen molar-refractivity contribution in [2.75, 3.05) is 6.54 Å². The van der Waals surface area contributed by atoms with E-state index in [-0.39, 0.29) is 5.91 Å². The molecule has 0 aliphatic rings. The summed E-state index contributed by atoms with van der Waals surface area (Å²) in [5, 5.41) is 11.2. The number of nitrogens with zero attached hydrogens (tertiary/aromatic N) is 1. The Balaban J connectivity index is 1.39. The maximum Gasteiger partial charge on any atom is 0.269 e. The highest BCUT2D eigenvalue weighted by atomic mass is 16.1. The van der Waals surface area contributed by atoms with Crippen LogP contribution in [0.1, 0.15) is 16.1 Å². The molecule has 0 saturated carbocycles. The highest BCUT2D eigenvalue weighted by Crippen LogP contribution is 2.18. The van der Waals surface area contributed by atoms with Gasteiger partial charge >= 0.3 is 0 Å². The number of benzene rings is 2. The zero-order valence-corrected chi connectivity index (χ0v) is 13.6. The molecule has 124 valence electrons. The molecule has 25 heavy (non-hydrogen) atoms. The van der Waals surface area contributed by atoms with Gasteiger partial charge in [0.2, 0.25) is 0 Å². The van der Waals surface area contributed by atoms with E-state index in [9.17, 15) is 4.79 Å². The molecule has 0 aliphatic heterocycles. The summed E-state index contributed by atoms with van der Waals surface area (Å²) in [6.45, 7) is 0.570.